The molecule has 22 heavy (non-hydrogen) atoms. The summed E-state index contributed by atoms with van der Waals surface area (Å²) < 4.78 is 0. The molecular formula is C15H22ClN3O3. The first-order valence-corrected chi connectivity index (χ1v) is 7.32. The highest BCUT2D eigenvalue weighted by Gasteiger charge is 2.16. The van der Waals surface area contributed by atoms with Crippen LogP contribution < -0.4 is 10.6 Å². The van der Waals surface area contributed by atoms with E-state index in [1.54, 1.807) is 13.0 Å². The largest absolute Gasteiger partial charge is 0.352 e. The van der Waals surface area contributed by atoms with Gasteiger partial charge < -0.3 is 10.6 Å². The van der Waals surface area contributed by atoms with Gasteiger partial charge in [-0.3, -0.25) is 14.9 Å². The Morgan fingerprint density at radius 1 is 1.50 bits per heavy atom. The molecule has 0 aromatic heterocycles. The molecule has 1 aromatic carbocycles. The monoisotopic (exact) mass is 327 g/mol. The Morgan fingerprint density at radius 3 is 2.91 bits per heavy atom. The Hall–Kier alpha value is -1.66. The third kappa shape index (κ3) is 4.96. The molecular weight excluding hydrogens is 306 g/mol. The van der Waals surface area contributed by atoms with E-state index in [2.05, 4.69) is 10.6 Å². The van der Waals surface area contributed by atoms with Crippen molar-refractivity contribution in [1.82, 2.24) is 10.6 Å². The number of nitrogens with one attached hydrogen (secondary N) is 2. The maximum atomic E-state index is 12.1. The number of nitro benzene ring substituents is 1. The molecule has 2 N–H and O–H groups in total. The molecule has 1 unspecified atom stereocenters. The smallest absolute Gasteiger partial charge is 0.270 e. The van der Waals surface area contributed by atoms with Crippen LogP contribution in [0.3, 0.4) is 0 Å². The number of nitrogens with zero attached hydrogens (tertiary/aromatic N) is 1. The molecule has 1 aliphatic rings. The fraction of sp³-hybridized carbons (Fsp3) is 0.533. The molecule has 0 saturated carbocycles. The summed E-state index contributed by atoms with van der Waals surface area (Å²) in [6.07, 6.45) is 3.31. The molecule has 0 bridgehead atoms. The molecule has 0 aliphatic carbocycles. The molecule has 6 nitrogen and oxygen atoms in total. The van der Waals surface area contributed by atoms with Crippen LogP contribution in [0.4, 0.5) is 5.69 Å². The SMILES string of the molecule is Cc1ccc([N+](=O)[O-])cc1C(=O)NCCC1CCCNC1.Cl. The van der Waals surface area contributed by atoms with Crippen LogP contribution in [0.15, 0.2) is 18.2 Å². The van der Waals surface area contributed by atoms with Crippen molar-refractivity contribution in [3.05, 3.63) is 39.4 Å². The Labute approximate surface area is 136 Å². The van der Waals surface area contributed by atoms with Crippen molar-refractivity contribution >= 4 is 24.0 Å². The number of carbonyl (C=O) groups is 1. The standard InChI is InChI=1S/C15H21N3O3.ClH/c1-11-4-5-13(18(20)21)9-14(11)15(19)17-8-6-12-3-2-7-16-10-12;/h4-5,9,12,16H,2-3,6-8,10H2,1H3,(H,17,19);1H. The molecule has 1 saturated heterocycles. The first kappa shape index (κ1) is 18.4. The minimum Gasteiger partial charge on any atom is -0.352 e. The normalized spacial score (nSPS) is 17.4. The Kier molecular flexibility index (Phi) is 7.27. The molecule has 1 aliphatic heterocycles. The lowest BCUT2D eigenvalue weighted by atomic mass is 9.96. The third-order valence-corrected chi connectivity index (χ3v) is 3.91. The van der Waals surface area contributed by atoms with E-state index in [1.807, 2.05) is 0 Å². The fourth-order valence-corrected chi connectivity index (χ4v) is 2.62. The van der Waals surface area contributed by atoms with E-state index in [9.17, 15) is 14.9 Å². The molecule has 1 heterocycles. The van der Waals surface area contributed by atoms with Gasteiger partial charge in [0.1, 0.15) is 0 Å². The predicted molar refractivity (Wildman–Crippen MR) is 87.6 cm³/mol. The highest BCUT2D eigenvalue weighted by atomic mass is 35.5. The van der Waals surface area contributed by atoms with Gasteiger partial charge in [0.25, 0.3) is 11.6 Å². The zero-order chi connectivity index (χ0) is 15.2. The fourth-order valence-electron chi connectivity index (χ4n) is 2.62. The molecule has 2 rings (SSSR count). The summed E-state index contributed by atoms with van der Waals surface area (Å²) in [6.45, 7) is 4.47. The minimum atomic E-state index is -0.482. The van der Waals surface area contributed by atoms with E-state index in [0.29, 0.717) is 18.0 Å². The van der Waals surface area contributed by atoms with E-state index < -0.39 is 4.92 Å². The quantitative estimate of drug-likeness (QED) is 0.642. The average Bonchev–Trinajstić information content (AvgIpc) is 2.48. The third-order valence-electron chi connectivity index (χ3n) is 3.91. The number of piperidine rings is 1. The van der Waals surface area contributed by atoms with Gasteiger partial charge >= 0.3 is 0 Å². The van der Waals surface area contributed by atoms with Crippen LogP contribution in [0.25, 0.3) is 0 Å². The number of benzene rings is 1. The molecule has 0 spiro atoms. The van der Waals surface area contributed by atoms with E-state index in [-0.39, 0.29) is 24.0 Å². The van der Waals surface area contributed by atoms with Gasteiger partial charge in [0.05, 0.1) is 4.92 Å². The number of halogens is 1. The van der Waals surface area contributed by atoms with Gasteiger partial charge in [-0.2, -0.15) is 0 Å². The highest BCUT2D eigenvalue weighted by molar-refractivity contribution is 5.96. The Morgan fingerprint density at radius 2 is 2.27 bits per heavy atom. The maximum Gasteiger partial charge on any atom is 0.270 e. The lowest BCUT2D eigenvalue weighted by molar-refractivity contribution is -0.384. The Bertz CT molecular complexity index is 531. The molecule has 1 aromatic rings. The van der Waals surface area contributed by atoms with Gasteiger partial charge in [-0.1, -0.05) is 6.07 Å². The summed E-state index contributed by atoms with van der Waals surface area (Å²) in [5, 5.41) is 17.0. The second-order valence-corrected chi connectivity index (χ2v) is 5.51. The van der Waals surface area contributed by atoms with E-state index >= 15 is 0 Å². The number of hydrogen-bond acceptors (Lipinski definition) is 4. The molecule has 1 amide bonds. The number of nitro groups is 1. The van der Waals surface area contributed by atoms with E-state index in [1.165, 1.54) is 25.0 Å². The van der Waals surface area contributed by atoms with Gasteiger partial charge in [-0.15, -0.1) is 12.4 Å². The molecule has 1 atom stereocenters. The minimum absolute atomic E-state index is 0. The van der Waals surface area contributed by atoms with Gasteiger partial charge in [-0.05, 0) is 50.8 Å². The van der Waals surface area contributed by atoms with Gasteiger partial charge in [-0.25, -0.2) is 0 Å². The first-order chi connectivity index (χ1) is 10.1. The molecule has 1 fully saturated rings. The maximum absolute atomic E-state index is 12.1. The van der Waals surface area contributed by atoms with Crippen LogP contribution in [0, 0.1) is 23.0 Å². The van der Waals surface area contributed by atoms with Crippen LogP contribution >= 0.6 is 12.4 Å². The van der Waals surface area contributed by atoms with Crippen molar-refractivity contribution in [2.24, 2.45) is 5.92 Å². The molecule has 122 valence electrons. The van der Waals surface area contributed by atoms with Crippen molar-refractivity contribution in [3.63, 3.8) is 0 Å². The zero-order valence-corrected chi connectivity index (χ0v) is 13.4. The second kappa shape index (κ2) is 8.70. The van der Waals surface area contributed by atoms with Crippen molar-refractivity contribution in [3.8, 4) is 0 Å². The summed E-state index contributed by atoms with van der Waals surface area (Å²) >= 11 is 0. The number of aryl methyl sites for hydroxylation is 1. The van der Waals surface area contributed by atoms with Crippen molar-refractivity contribution in [2.75, 3.05) is 19.6 Å². The lowest BCUT2D eigenvalue weighted by Crippen LogP contribution is -2.33. The van der Waals surface area contributed by atoms with E-state index in [4.69, 9.17) is 0 Å². The zero-order valence-electron chi connectivity index (χ0n) is 12.6. The number of hydrogen-bond donors (Lipinski definition) is 2. The van der Waals surface area contributed by atoms with Crippen LogP contribution in [0.2, 0.25) is 0 Å². The second-order valence-electron chi connectivity index (χ2n) is 5.51. The average molecular weight is 328 g/mol. The summed E-state index contributed by atoms with van der Waals surface area (Å²) in [5.74, 6) is 0.366. The number of amides is 1. The predicted octanol–water partition coefficient (Wildman–Crippen LogP) is 2.44. The van der Waals surface area contributed by atoms with Gasteiger partial charge in [0, 0.05) is 24.2 Å². The van der Waals surface area contributed by atoms with Gasteiger partial charge in [0.2, 0.25) is 0 Å². The highest BCUT2D eigenvalue weighted by Crippen LogP contribution is 2.17. The lowest BCUT2D eigenvalue weighted by Gasteiger charge is -2.22. The van der Waals surface area contributed by atoms with Crippen molar-refractivity contribution in [1.29, 1.82) is 0 Å². The van der Waals surface area contributed by atoms with Crippen molar-refractivity contribution < 1.29 is 9.72 Å². The van der Waals surface area contributed by atoms with Crippen molar-refractivity contribution in [2.45, 2.75) is 26.2 Å². The molecule has 7 heteroatoms. The first-order valence-electron chi connectivity index (χ1n) is 7.32. The number of carbonyl (C=O) groups excluding carboxylic acids is 1. The summed E-state index contributed by atoms with van der Waals surface area (Å²) in [4.78, 5) is 22.4. The number of rotatable bonds is 5. The Balaban J connectivity index is 0.00000242. The van der Waals surface area contributed by atoms with Crippen LogP contribution in [0.1, 0.15) is 35.2 Å². The summed E-state index contributed by atoms with van der Waals surface area (Å²) in [5.41, 5.74) is 1.07. The van der Waals surface area contributed by atoms with E-state index in [0.717, 1.165) is 25.1 Å². The summed E-state index contributed by atoms with van der Waals surface area (Å²) in [7, 11) is 0. The molecule has 0 radical (unpaired) electrons. The van der Waals surface area contributed by atoms with Crippen LogP contribution in [-0.4, -0.2) is 30.5 Å². The van der Waals surface area contributed by atoms with Crippen LogP contribution in [0.5, 0.6) is 0 Å². The van der Waals surface area contributed by atoms with Gasteiger partial charge in [0.15, 0.2) is 0 Å². The topological polar surface area (TPSA) is 84.3 Å². The summed E-state index contributed by atoms with van der Waals surface area (Å²) in [6, 6.07) is 4.37. The van der Waals surface area contributed by atoms with Crippen LogP contribution in [-0.2, 0) is 0 Å². The number of non-ortho nitro benzene ring substituents is 1.